The van der Waals surface area contributed by atoms with Crippen molar-refractivity contribution < 1.29 is 38.7 Å². The molecule has 3 aliphatic rings. The summed E-state index contributed by atoms with van der Waals surface area (Å²) in [5.74, 6) is -1.38. The molecule has 3 aromatic rings. The summed E-state index contributed by atoms with van der Waals surface area (Å²) >= 11 is 0. The van der Waals surface area contributed by atoms with Crippen molar-refractivity contribution in [2.45, 2.75) is 62.5 Å². The number of hydrogen-bond acceptors (Lipinski definition) is 8. The predicted molar refractivity (Wildman–Crippen MR) is 170 cm³/mol. The van der Waals surface area contributed by atoms with Crippen LogP contribution in [-0.4, -0.2) is 67.1 Å². The van der Waals surface area contributed by atoms with Crippen LogP contribution in [0, 0.1) is 11.8 Å². The van der Waals surface area contributed by atoms with E-state index in [0.29, 0.717) is 48.4 Å². The number of amides is 2. The average molecular weight is 631 g/mol. The second kappa shape index (κ2) is 12.1. The van der Waals surface area contributed by atoms with Gasteiger partial charge in [0.1, 0.15) is 40.9 Å². The zero-order chi connectivity index (χ0) is 32.8. The Morgan fingerprint density at radius 1 is 1.02 bits per heavy atom. The molecule has 244 valence electrons. The van der Waals surface area contributed by atoms with Gasteiger partial charge in [-0.05, 0) is 42.5 Å². The molecule has 0 spiro atoms. The van der Waals surface area contributed by atoms with Crippen molar-refractivity contribution in [2.75, 3.05) is 27.9 Å². The van der Waals surface area contributed by atoms with E-state index in [2.05, 4.69) is 5.32 Å². The van der Waals surface area contributed by atoms with Crippen molar-refractivity contribution in [3.63, 3.8) is 0 Å². The molecule has 3 N–H and O–H groups in total. The summed E-state index contributed by atoms with van der Waals surface area (Å²) in [6.45, 7) is 4.19. The number of aliphatic hydroxyl groups excluding tert-OH is 1. The van der Waals surface area contributed by atoms with Gasteiger partial charge in [-0.15, -0.1) is 0 Å². The molecule has 1 saturated carbocycles. The summed E-state index contributed by atoms with van der Waals surface area (Å²) < 4.78 is 23.7. The summed E-state index contributed by atoms with van der Waals surface area (Å²) in [6.07, 6.45) is -0.244. The van der Waals surface area contributed by atoms with E-state index in [-0.39, 0.29) is 28.9 Å². The highest BCUT2D eigenvalue weighted by molar-refractivity contribution is 5.86. The third-order valence-electron chi connectivity index (χ3n) is 10.1. The standard InChI is InChI=1S/C36H42N2O8/c1-6-21(2)32(39)37-28-13-10-18-38(28)33(40)31-29(22-11-8-7-9-12-22)36(23-14-16-24(43-3)17-15-23)34(41)35(31,42)30-26(45-5)19-25(44-4)20-27(30)46-36/h7-9,11-12,14-17,19-21,28-29,31,34,41-42H,6,10,13,18H2,1-5H3,(H,37,39)/t21-,28-,29-,31+,34+,35+,36+/m0/s1. The molecule has 2 fully saturated rings. The van der Waals surface area contributed by atoms with Crippen molar-refractivity contribution in [1.82, 2.24) is 10.2 Å². The van der Waals surface area contributed by atoms with E-state index in [9.17, 15) is 15.0 Å². The van der Waals surface area contributed by atoms with E-state index in [0.717, 1.165) is 0 Å². The molecule has 2 amide bonds. The Morgan fingerprint density at radius 3 is 2.35 bits per heavy atom. The second-order valence-electron chi connectivity index (χ2n) is 12.4. The SMILES string of the molecule is CC[C@H](C)C(=O)N[C@@H]1CCCN1C(=O)[C@H]1[C@H](c2ccccc2)[C@@]2(c3ccc(OC)cc3)Oc3cc(OC)cc(OC)c3[C@]1(O)[C@H]2O. The maximum atomic E-state index is 15.1. The Kier molecular flexibility index (Phi) is 8.37. The highest BCUT2D eigenvalue weighted by Crippen LogP contribution is 2.68. The van der Waals surface area contributed by atoms with Crippen LogP contribution < -0.4 is 24.3 Å². The second-order valence-corrected chi connectivity index (χ2v) is 12.4. The van der Waals surface area contributed by atoms with E-state index in [1.165, 1.54) is 14.2 Å². The maximum absolute atomic E-state index is 15.1. The lowest BCUT2D eigenvalue weighted by Crippen LogP contribution is -2.56. The first-order valence-corrected chi connectivity index (χ1v) is 15.8. The topological polar surface area (TPSA) is 127 Å². The first-order chi connectivity index (χ1) is 22.1. The Morgan fingerprint density at radius 2 is 1.72 bits per heavy atom. The van der Waals surface area contributed by atoms with Crippen molar-refractivity contribution >= 4 is 11.8 Å². The van der Waals surface area contributed by atoms with Gasteiger partial charge in [-0.3, -0.25) is 9.59 Å². The fourth-order valence-electron chi connectivity index (χ4n) is 7.61. The largest absolute Gasteiger partial charge is 0.497 e. The zero-order valence-electron chi connectivity index (χ0n) is 26.9. The molecule has 7 atom stereocenters. The lowest BCUT2D eigenvalue weighted by atomic mass is 9.75. The van der Waals surface area contributed by atoms with Crippen LogP contribution in [0.5, 0.6) is 23.0 Å². The summed E-state index contributed by atoms with van der Waals surface area (Å²) in [4.78, 5) is 29.8. The number of carbonyl (C=O) groups is 2. The van der Waals surface area contributed by atoms with Crippen LogP contribution in [0.4, 0.5) is 0 Å². The number of carbonyl (C=O) groups excluding carboxylic acids is 2. The van der Waals surface area contributed by atoms with Gasteiger partial charge in [-0.2, -0.15) is 0 Å². The van der Waals surface area contributed by atoms with Crippen molar-refractivity contribution in [1.29, 1.82) is 0 Å². The average Bonchev–Trinajstić information content (AvgIpc) is 3.59. The van der Waals surface area contributed by atoms with E-state index in [1.807, 2.05) is 44.2 Å². The maximum Gasteiger partial charge on any atom is 0.231 e. The van der Waals surface area contributed by atoms with Gasteiger partial charge in [0.25, 0.3) is 0 Å². The number of nitrogens with one attached hydrogen (secondary N) is 1. The smallest absolute Gasteiger partial charge is 0.231 e. The molecule has 1 aliphatic carbocycles. The quantitative estimate of drug-likeness (QED) is 0.323. The Hall–Kier alpha value is -4.28. The molecule has 2 bridgehead atoms. The minimum atomic E-state index is -2.17. The van der Waals surface area contributed by atoms with Gasteiger partial charge in [0.15, 0.2) is 5.60 Å². The number of likely N-dealkylation sites (tertiary alicyclic amines) is 1. The molecular weight excluding hydrogens is 588 g/mol. The monoisotopic (exact) mass is 630 g/mol. The minimum absolute atomic E-state index is 0.132. The molecule has 0 unspecified atom stereocenters. The highest BCUT2D eigenvalue weighted by Gasteiger charge is 2.76. The van der Waals surface area contributed by atoms with E-state index in [1.54, 1.807) is 48.4 Å². The number of nitrogens with zero attached hydrogens (tertiary/aromatic N) is 1. The van der Waals surface area contributed by atoms with Gasteiger partial charge in [-0.25, -0.2) is 0 Å². The van der Waals surface area contributed by atoms with Crippen molar-refractivity contribution in [3.8, 4) is 23.0 Å². The van der Waals surface area contributed by atoms with Crippen molar-refractivity contribution in [3.05, 3.63) is 83.4 Å². The lowest BCUT2D eigenvalue weighted by Gasteiger charge is -2.45. The van der Waals surface area contributed by atoms with Crippen LogP contribution in [0.1, 0.15) is 55.7 Å². The third kappa shape index (κ3) is 4.69. The number of fused-ring (bicyclic) bond motifs is 4. The zero-order valence-corrected chi connectivity index (χ0v) is 26.9. The summed E-state index contributed by atoms with van der Waals surface area (Å²) in [5.41, 5.74) is -2.37. The van der Waals surface area contributed by atoms with E-state index >= 15 is 4.79 Å². The number of aliphatic hydroxyl groups is 2. The lowest BCUT2D eigenvalue weighted by molar-refractivity contribution is -0.167. The Balaban J connectivity index is 1.60. The molecule has 0 radical (unpaired) electrons. The number of rotatable bonds is 9. The van der Waals surface area contributed by atoms with Crippen LogP contribution in [0.25, 0.3) is 0 Å². The molecule has 2 heterocycles. The number of hydrogen-bond donors (Lipinski definition) is 3. The first-order valence-electron chi connectivity index (χ1n) is 15.8. The van der Waals surface area contributed by atoms with Gasteiger partial charge >= 0.3 is 0 Å². The third-order valence-corrected chi connectivity index (χ3v) is 10.1. The van der Waals surface area contributed by atoms with Crippen LogP contribution in [0.15, 0.2) is 66.7 Å². The molecule has 46 heavy (non-hydrogen) atoms. The fourth-order valence-corrected chi connectivity index (χ4v) is 7.61. The van der Waals surface area contributed by atoms with Gasteiger partial charge in [-0.1, -0.05) is 56.3 Å². The molecular formula is C36H42N2O8. The van der Waals surface area contributed by atoms with E-state index in [4.69, 9.17) is 18.9 Å². The molecule has 1 saturated heterocycles. The molecule has 6 rings (SSSR count). The molecule has 2 aliphatic heterocycles. The molecule has 3 aromatic carbocycles. The summed E-state index contributed by atoms with van der Waals surface area (Å²) in [7, 11) is 4.54. The van der Waals surface area contributed by atoms with Crippen molar-refractivity contribution in [2.24, 2.45) is 11.8 Å². The first kappa shape index (κ1) is 31.7. The molecule has 0 aromatic heterocycles. The summed E-state index contributed by atoms with van der Waals surface area (Å²) in [5, 5.41) is 28.8. The molecule has 10 nitrogen and oxygen atoms in total. The summed E-state index contributed by atoms with van der Waals surface area (Å²) in [6, 6.07) is 19.7. The van der Waals surface area contributed by atoms with Crippen LogP contribution in [0.3, 0.4) is 0 Å². The van der Waals surface area contributed by atoms with Gasteiger partial charge in [0, 0.05) is 30.5 Å². The van der Waals surface area contributed by atoms with Crippen LogP contribution >= 0.6 is 0 Å². The van der Waals surface area contributed by atoms with Crippen LogP contribution in [-0.2, 0) is 20.8 Å². The minimum Gasteiger partial charge on any atom is -0.497 e. The van der Waals surface area contributed by atoms with Crippen LogP contribution in [0.2, 0.25) is 0 Å². The predicted octanol–water partition coefficient (Wildman–Crippen LogP) is 4.07. The van der Waals surface area contributed by atoms with Gasteiger partial charge in [0.05, 0.1) is 32.8 Å². The Labute approximate surface area is 269 Å². The highest BCUT2D eigenvalue weighted by atomic mass is 16.5. The number of methoxy groups -OCH3 is 3. The number of benzene rings is 3. The van der Waals surface area contributed by atoms with E-state index < -0.39 is 41.2 Å². The molecule has 10 heteroatoms. The Bertz CT molecular complexity index is 1600. The fraction of sp³-hybridized carbons (Fsp3) is 0.444. The number of ether oxygens (including phenoxy) is 4. The normalized spacial score (nSPS) is 28.5. The van der Waals surface area contributed by atoms with Gasteiger partial charge < -0.3 is 39.4 Å². The van der Waals surface area contributed by atoms with Gasteiger partial charge in [0.2, 0.25) is 11.8 Å².